The molecule has 2 N–H and O–H groups in total. The maximum absolute atomic E-state index is 5.69. The molecular weight excluding hydrogens is 232 g/mol. The largest absolute Gasteiger partial charge is 0.467 e. The van der Waals surface area contributed by atoms with Crippen LogP contribution in [0, 0.1) is 0 Å². The summed E-state index contributed by atoms with van der Waals surface area (Å²) in [6, 6.07) is 0.173. The van der Waals surface area contributed by atoms with Crippen LogP contribution in [0.15, 0.2) is 12.5 Å². The maximum Gasteiger partial charge on any atom is 0.322 e. The number of nitrogens with zero attached hydrogens (tertiary/aromatic N) is 4. The highest BCUT2D eigenvalue weighted by Gasteiger charge is 2.04. The summed E-state index contributed by atoms with van der Waals surface area (Å²) in [4.78, 5) is 18.5. The molecule has 0 aliphatic carbocycles. The van der Waals surface area contributed by atoms with Crippen molar-refractivity contribution in [1.29, 1.82) is 0 Å². The van der Waals surface area contributed by atoms with Crippen LogP contribution >= 0.6 is 11.6 Å². The van der Waals surface area contributed by atoms with E-state index < -0.39 is 0 Å². The number of anilines is 1. The molecule has 0 fully saturated rings. The Kier molecular flexibility index (Phi) is 3.16. The molecule has 84 valence electrons. The van der Waals surface area contributed by atoms with Crippen molar-refractivity contribution in [2.75, 3.05) is 12.4 Å². The number of imidazole rings is 1. The minimum absolute atomic E-state index is 0.0824. The minimum atomic E-state index is 0.0824. The van der Waals surface area contributed by atoms with Gasteiger partial charge in [0.25, 0.3) is 0 Å². The van der Waals surface area contributed by atoms with Crippen LogP contribution in [0.2, 0.25) is 5.28 Å². The monoisotopic (exact) mass is 240 g/mol. The van der Waals surface area contributed by atoms with Crippen molar-refractivity contribution in [1.82, 2.24) is 24.9 Å². The number of methoxy groups -OCH3 is 1. The highest BCUT2D eigenvalue weighted by molar-refractivity contribution is 6.28. The molecule has 0 radical (unpaired) electrons. The van der Waals surface area contributed by atoms with Crippen LogP contribution in [0.1, 0.15) is 5.69 Å². The van der Waals surface area contributed by atoms with Crippen molar-refractivity contribution in [2.45, 2.75) is 6.54 Å². The predicted octanol–water partition coefficient (Wildman–Crippen LogP) is 0.869. The normalized spacial score (nSPS) is 10.1. The Morgan fingerprint density at radius 1 is 1.44 bits per heavy atom. The van der Waals surface area contributed by atoms with E-state index >= 15 is 0 Å². The van der Waals surface area contributed by atoms with Gasteiger partial charge in [0.2, 0.25) is 11.2 Å². The zero-order valence-corrected chi connectivity index (χ0v) is 9.19. The van der Waals surface area contributed by atoms with E-state index in [4.69, 9.17) is 16.3 Å². The van der Waals surface area contributed by atoms with Crippen molar-refractivity contribution in [2.24, 2.45) is 0 Å². The average molecular weight is 241 g/mol. The van der Waals surface area contributed by atoms with Gasteiger partial charge in [-0.3, -0.25) is 0 Å². The summed E-state index contributed by atoms with van der Waals surface area (Å²) < 4.78 is 4.87. The Morgan fingerprint density at radius 2 is 2.31 bits per heavy atom. The summed E-state index contributed by atoms with van der Waals surface area (Å²) in [5, 5.41) is 3.05. The molecule has 0 aromatic carbocycles. The maximum atomic E-state index is 5.69. The van der Waals surface area contributed by atoms with Gasteiger partial charge in [0.15, 0.2) is 0 Å². The summed E-state index contributed by atoms with van der Waals surface area (Å²) >= 11 is 5.69. The molecule has 0 spiro atoms. The molecule has 2 rings (SSSR count). The van der Waals surface area contributed by atoms with Gasteiger partial charge in [-0.2, -0.15) is 15.0 Å². The second-order valence-corrected chi connectivity index (χ2v) is 3.18. The summed E-state index contributed by atoms with van der Waals surface area (Å²) in [7, 11) is 1.46. The van der Waals surface area contributed by atoms with Crippen LogP contribution in [0.3, 0.4) is 0 Å². The van der Waals surface area contributed by atoms with Crippen molar-refractivity contribution in [3.8, 4) is 6.01 Å². The first-order valence-corrected chi connectivity index (χ1v) is 4.82. The number of H-pyrrole nitrogens is 1. The molecule has 0 amide bonds. The summed E-state index contributed by atoms with van der Waals surface area (Å²) in [6.07, 6.45) is 3.30. The quantitative estimate of drug-likeness (QED) is 0.824. The predicted molar refractivity (Wildman–Crippen MR) is 57.3 cm³/mol. The molecule has 2 aromatic heterocycles. The van der Waals surface area contributed by atoms with E-state index in [-0.39, 0.29) is 11.3 Å². The van der Waals surface area contributed by atoms with Crippen LogP contribution in [0.5, 0.6) is 6.01 Å². The Balaban J connectivity index is 2.06. The molecule has 7 nitrogen and oxygen atoms in total. The Labute approximate surface area is 96.3 Å². The third-order valence-corrected chi connectivity index (χ3v) is 1.93. The summed E-state index contributed by atoms with van der Waals surface area (Å²) in [5.74, 6) is 0.353. The van der Waals surface area contributed by atoms with Crippen LogP contribution in [0.25, 0.3) is 0 Å². The average Bonchev–Trinajstić information content (AvgIpc) is 2.78. The number of ether oxygens (including phenoxy) is 1. The molecular formula is C8H9ClN6O. The summed E-state index contributed by atoms with van der Waals surface area (Å²) in [5.41, 5.74) is 0.913. The molecule has 0 bridgehead atoms. The van der Waals surface area contributed by atoms with Gasteiger partial charge in [-0.25, -0.2) is 4.98 Å². The van der Waals surface area contributed by atoms with E-state index in [9.17, 15) is 0 Å². The lowest BCUT2D eigenvalue weighted by atomic mass is 10.5. The Hall–Kier alpha value is -1.89. The summed E-state index contributed by atoms with van der Waals surface area (Å²) in [6.45, 7) is 0.517. The fourth-order valence-corrected chi connectivity index (χ4v) is 1.21. The second-order valence-electron chi connectivity index (χ2n) is 2.85. The minimum Gasteiger partial charge on any atom is -0.467 e. The highest BCUT2D eigenvalue weighted by Crippen LogP contribution is 2.11. The van der Waals surface area contributed by atoms with Crippen molar-refractivity contribution in [3.05, 3.63) is 23.5 Å². The molecule has 0 atom stereocenters. The number of hydrogen-bond acceptors (Lipinski definition) is 6. The van der Waals surface area contributed by atoms with Gasteiger partial charge in [-0.1, -0.05) is 0 Å². The number of rotatable bonds is 4. The van der Waals surface area contributed by atoms with Crippen molar-refractivity contribution >= 4 is 17.5 Å². The number of aromatic amines is 1. The van der Waals surface area contributed by atoms with Gasteiger partial charge < -0.3 is 15.0 Å². The molecule has 8 heteroatoms. The molecule has 0 aliphatic heterocycles. The second kappa shape index (κ2) is 4.75. The third-order valence-electron chi connectivity index (χ3n) is 1.76. The van der Waals surface area contributed by atoms with E-state index in [0.29, 0.717) is 12.5 Å². The molecule has 2 aromatic rings. The lowest BCUT2D eigenvalue weighted by Crippen LogP contribution is -2.06. The molecule has 2 heterocycles. The molecule has 0 saturated carbocycles. The fraction of sp³-hybridized carbons (Fsp3) is 0.250. The molecule has 0 unspecified atom stereocenters. The number of nitrogens with one attached hydrogen (secondary N) is 2. The molecule has 0 aliphatic rings. The zero-order valence-electron chi connectivity index (χ0n) is 8.44. The van der Waals surface area contributed by atoms with Crippen LogP contribution in [-0.4, -0.2) is 32.0 Å². The Morgan fingerprint density at radius 3 is 3.00 bits per heavy atom. The van der Waals surface area contributed by atoms with E-state index in [2.05, 4.69) is 30.2 Å². The van der Waals surface area contributed by atoms with E-state index in [1.807, 2.05) is 0 Å². The highest BCUT2D eigenvalue weighted by atomic mass is 35.5. The first kappa shape index (κ1) is 10.6. The van der Waals surface area contributed by atoms with Crippen molar-refractivity contribution in [3.63, 3.8) is 0 Å². The third kappa shape index (κ3) is 2.57. The van der Waals surface area contributed by atoms with E-state index in [1.165, 1.54) is 7.11 Å². The van der Waals surface area contributed by atoms with Crippen LogP contribution in [0.4, 0.5) is 5.95 Å². The number of halogens is 1. The van der Waals surface area contributed by atoms with Crippen LogP contribution in [-0.2, 0) is 6.54 Å². The van der Waals surface area contributed by atoms with Gasteiger partial charge in [-0.15, -0.1) is 0 Å². The fourth-order valence-electron chi connectivity index (χ4n) is 1.06. The SMILES string of the molecule is COc1nc(Cl)nc(NCc2cnc[nH]2)n1. The van der Waals surface area contributed by atoms with E-state index in [0.717, 1.165) is 5.69 Å². The zero-order chi connectivity index (χ0) is 11.4. The van der Waals surface area contributed by atoms with Gasteiger partial charge in [-0.05, 0) is 11.6 Å². The van der Waals surface area contributed by atoms with Gasteiger partial charge >= 0.3 is 6.01 Å². The van der Waals surface area contributed by atoms with Gasteiger partial charge in [0.05, 0.1) is 25.7 Å². The Bertz CT molecular complexity index is 460. The molecule has 16 heavy (non-hydrogen) atoms. The molecule has 0 saturated heterocycles. The number of aromatic nitrogens is 5. The number of hydrogen-bond donors (Lipinski definition) is 2. The first-order valence-electron chi connectivity index (χ1n) is 4.44. The van der Waals surface area contributed by atoms with Gasteiger partial charge in [0, 0.05) is 6.20 Å². The lowest BCUT2D eigenvalue weighted by molar-refractivity contribution is 0.379. The van der Waals surface area contributed by atoms with E-state index in [1.54, 1.807) is 12.5 Å². The standard InChI is InChI=1S/C8H9ClN6O/c1-16-8-14-6(9)13-7(15-8)11-3-5-2-10-4-12-5/h2,4H,3H2,1H3,(H,10,12)(H,11,13,14,15). The first-order chi connectivity index (χ1) is 7.78. The smallest absolute Gasteiger partial charge is 0.322 e. The lowest BCUT2D eigenvalue weighted by Gasteiger charge is -2.04. The van der Waals surface area contributed by atoms with Crippen molar-refractivity contribution < 1.29 is 4.74 Å². The van der Waals surface area contributed by atoms with Crippen LogP contribution < -0.4 is 10.1 Å². The topological polar surface area (TPSA) is 88.6 Å². The van der Waals surface area contributed by atoms with Gasteiger partial charge in [0.1, 0.15) is 0 Å².